The third-order valence-corrected chi connectivity index (χ3v) is 8.61. The normalized spacial score (nSPS) is 10.8. The van der Waals surface area contributed by atoms with E-state index in [0.717, 1.165) is 70.2 Å². The Morgan fingerprint density at radius 2 is 1.27 bits per heavy atom. The summed E-state index contributed by atoms with van der Waals surface area (Å²) in [5.74, 6) is 0.778. The Labute approximate surface area is 293 Å². The molecule has 0 heterocycles. The van der Waals surface area contributed by atoms with Gasteiger partial charge in [0, 0.05) is 21.6 Å². The summed E-state index contributed by atoms with van der Waals surface area (Å²) in [5.41, 5.74) is 4.47. The fourth-order valence-corrected chi connectivity index (χ4v) is 5.74. The van der Waals surface area contributed by atoms with Gasteiger partial charge in [-0.25, -0.2) is 9.59 Å². The molecule has 0 saturated carbocycles. The molecule has 0 bridgehead atoms. The van der Waals surface area contributed by atoms with Crippen molar-refractivity contribution in [2.75, 3.05) is 26.4 Å². The summed E-state index contributed by atoms with van der Waals surface area (Å²) in [6, 6.07) is 25.8. The third-order valence-electron chi connectivity index (χ3n) is 7.70. The highest BCUT2D eigenvalue weighted by atomic mass is 32.2. The SMILES string of the molecule is C=C(C)C(=O)OCCCCCCOc1ccc2cc(-c3ccc(C(=O)Sc4ccc(OCCOC(=O)C(=C)C)c(CC)c4)cc3)ccc2c1. The fraction of sp³-hybridized carbons (Fsp3) is 0.293. The van der Waals surface area contributed by atoms with Crippen molar-refractivity contribution in [3.8, 4) is 22.6 Å². The van der Waals surface area contributed by atoms with E-state index in [9.17, 15) is 14.4 Å². The Morgan fingerprint density at radius 1 is 0.633 bits per heavy atom. The van der Waals surface area contributed by atoms with Crippen LogP contribution in [0.2, 0.25) is 0 Å². The van der Waals surface area contributed by atoms with Crippen molar-refractivity contribution in [3.05, 3.63) is 114 Å². The van der Waals surface area contributed by atoms with Crippen LogP contribution in [0.5, 0.6) is 11.5 Å². The quantitative estimate of drug-likeness (QED) is 0.0445. The van der Waals surface area contributed by atoms with Crippen molar-refractivity contribution in [1.82, 2.24) is 0 Å². The van der Waals surface area contributed by atoms with Gasteiger partial charge >= 0.3 is 11.9 Å². The van der Waals surface area contributed by atoms with Gasteiger partial charge in [0.05, 0.1) is 13.2 Å². The number of hydrogen-bond donors (Lipinski definition) is 0. The first-order chi connectivity index (χ1) is 23.6. The zero-order valence-corrected chi connectivity index (χ0v) is 29.4. The highest BCUT2D eigenvalue weighted by Crippen LogP contribution is 2.31. The minimum atomic E-state index is -0.437. The van der Waals surface area contributed by atoms with Crippen LogP contribution in [0, 0.1) is 0 Å². The second-order valence-electron chi connectivity index (χ2n) is 11.8. The molecule has 7 nitrogen and oxygen atoms in total. The van der Waals surface area contributed by atoms with Crippen LogP contribution in [-0.2, 0) is 25.5 Å². The molecule has 0 radical (unpaired) electrons. The number of benzene rings is 4. The number of hydrogen-bond acceptors (Lipinski definition) is 8. The van der Waals surface area contributed by atoms with Crippen molar-refractivity contribution in [3.63, 3.8) is 0 Å². The molecule has 0 fully saturated rings. The fourth-order valence-electron chi connectivity index (χ4n) is 4.94. The summed E-state index contributed by atoms with van der Waals surface area (Å²) in [6.07, 6.45) is 4.48. The van der Waals surface area contributed by atoms with Gasteiger partial charge in [0.2, 0.25) is 5.12 Å². The van der Waals surface area contributed by atoms with Gasteiger partial charge in [-0.2, -0.15) is 0 Å². The first kappa shape index (κ1) is 37.0. The molecule has 49 heavy (non-hydrogen) atoms. The number of ether oxygens (including phenoxy) is 4. The van der Waals surface area contributed by atoms with E-state index < -0.39 is 5.97 Å². The second-order valence-corrected chi connectivity index (χ2v) is 12.8. The zero-order valence-electron chi connectivity index (χ0n) is 28.5. The lowest BCUT2D eigenvalue weighted by Crippen LogP contribution is -2.13. The number of unbranched alkanes of at least 4 members (excludes halogenated alkanes) is 3. The maximum Gasteiger partial charge on any atom is 0.333 e. The topological polar surface area (TPSA) is 88.1 Å². The Bertz CT molecular complexity index is 1790. The first-order valence-corrected chi connectivity index (χ1v) is 17.4. The summed E-state index contributed by atoms with van der Waals surface area (Å²) in [4.78, 5) is 36.9. The Morgan fingerprint density at radius 3 is 1.96 bits per heavy atom. The summed E-state index contributed by atoms with van der Waals surface area (Å²) < 4.78 is 22.0. The van der Waals surface area contributed by atoms with Crippen LogP contribution in [-0.4, -0.2) is 43.5 Å². The molecule has 0 aliphatic heterocycles. The number of fused-ring (bicyclic) bond motifs is 1. The number of carbonyl (C=O) groups is 3. The molecule has 4 aromatic rings. The lowest BCUT2D eigenvalue weighted by atomic mass is 10.0. The standard InChI is InChI=1S/C41H44O7S/c1-6-30-27-37(19-20-38(30)46-23-24-48-40(43)29(4)5)49-41(44)32-13-11-31(12-14-32)33-15-16-35-26-36(18-17-34(35)25-33)45-21-9-7-8-10-22-47-39(42)28(2)3/h11-20,25-27H,2,4,6-10,21-24H2,1,3,5H3. The summed E-state index contributed by atoms with van der Waals surface area (Å²) in [6.45, 7) is 13.9. The van der Waals surface area contributed by atoms with Crippen molar-refractivity contribution in [2.45, 2.75) is 57.8 Å². The minimum Gasteiger partial charge on any atom is -0.494 e. The van der Waals surface area contributed by atoms with E-state index in [0.29, 0.717) is 35.7 Å². The Kier molecular flexibility index (Phi) is 14.1. The summed E-state index contributed by atoms with van der Waals surface area (Å²) >= 11 is 1.18. The van der Waals surface area contributed by atoms with Gasteiger partial charge < -0.3 is 18.9 Å². The van der Waals surface area contributed by atoms with E-state index in [1.54, 1.807) is 13.8 Å². The van der Waals surface area contributed by atoms with Crippen molar-refractivity contribution >= 4 is 39.6 Å². The van der Waals surface area contributed by atoms with Crippen LogP contribution in [0.4, 0.5) is 0 Å². The van der Waals surface area contributed by atoms with Crippen LogP contribution in [0.1, 0.15) is 62.4 Å². The predicted molar refractivity (Wildman–Crippen MR) is 196 cm³/mol. The van der Waals surface area contributed by atoms with E-state index in [1.807, 2.05) is 55.5 Å². The van der Waals surface area contributed by atoms with Crippen LogP contribution < -0.4 is 9.47 Å². The van der Waals surface area contributed by atoms with Gasteiger partial charge in [-0.05, 0) is 134 Å². The largest absolute Gasteiger partial charge is 0.494 e. The molecule has 0 unspecified atom stereocenters. The van der Waals surface area contributed by atoms with E-state index >= 15 is 0 Å². The van der Waals surface area contributed by atoms with Crippen molar-refractivity contribution in [1.29, 1.82) is 0 Å². The molecule has 256 valence electrons. The second kappa shape index (κ2) is 18.7. The van der Waals surface area contributed by atoms with Gasteiger partial charge in [-0.15, -0.1) is 0 Å². The lowest BCUT2D eigenvalue weighted by Gasteiger charge is -2.12. The molecule has 4 aromatic carbocycles. The van der Waals surface area contributed by atoms with E-state index in [-0.39, 0.29) is 24.3 Å². The van der Waals surface area contributed by atoms with E-state index in [1.165, 1.54) is 11.8 Å². The predicted octanol–water partition coefficient (Wildman–Crippen LogP) is 9.56. The molecule has 0 spiro atoms. The number of esters is 2. The van der Waals surface area contributed by atoms with Gasteiger partial charge in [0.15, 0.2) is 0 Å². The lowest BCUT2D eigenvalue weighted by molar-refractivity contribution is -0.140. The molecule has 4 rings (SSSR count). The molecule has 0 aromatic heterocycles. The first-order valence-electron chi connectivity index (χ1n) is 16.5. The Hall–Kier alpha value is -4.82. The molecule has 0 saturated heterocycles. The van der Waals surface area contributed by atoms with Crippen LogP contribution in [0.3, 0.4) is 0 Å². The smallest absolute Gasteiger partial charge is 0.333 e. The molecule has 0 aliphatic carbocycles. The van der Waals surface area contributed by atoms with Gasteiger partial charge in [0.1, 0.15) is 24.7 Å². The molecule has 0 amide bonds. The van der Waals surface area contributed by atoms with Gasteiger partial charge in [-0.1, -0.05) is 50.4 Å². The number of rotatable bonds is 18. The Balaban J connectivity index is 1.26. The average molecular weight is 681 g/mol. The molecular weight excluding hydrogens is 637 g/mol. The minimum absolute atomic E-state index is 0.0379. The number of aryl methyl sites for hydroxylation is 1. The van der Waals surface area contributed by atoms with Crippen molar-refractivity contribution in [2.24, 2.45) is 0 Å². The average Bonchev–Trinajstić information content (AvgIpc) is 3.11. The molecule has 0 N–H and O–H groups in total. The van der Waals surface area contributed by atoms with Crippen LogP contribution in [0.25, 0.3) is 21.9 Å². The van der Waals surface area contributed by atoms with Gasteiger partial charge in [0.25, 0.3) is 0 Å². The van der Waals surface area contributed by atoms with Crippen molar-refractivity contribution < 1.29 is 33.3 Å². The molecular formula is C41H44O7S. The monoisotopic (exact) mass is 680 g/mol. The highest BCUT2D eigenvalue weighted by molar-refractivity contribution is 8.14. The van der Waals surface area contributed by atoms with Gasteiger partial charge in [-0.3, -0.25) is 4.79 Å². The van der Waals surface area contributed by atoms with Crippen LogP contribution >= 0.6 is 11.8 Å². The van der Waals surface area contributed by atoms with Crippen LogP contribution in [0.15, 0.2) is 108 Å². The highest BCUT2D eigenvalue weighted by Gasteiger charge is 2.12. The molecule has 0 atom stereocenters. The maximum atomic E-state index is 13.1. The number of thioether (sulfide) groups is 1. The summed E-state index contributed by atoms with van der Waals surface area (Å²) in [5, 5.41) is 2.17. The van der Waals surface area contributed by atoms with E-state index in [4.69, 9.17) is 18.9 Å². The zero-order chi connectivity index (χ0) is 35.2. The van der Waals surface area contributed by atoms with E-state index in [2.05, 4.69) is 43.5 Å². The summed E-state index contributed by atoms with van der Waals surface area (Å²) in [7, 11) is 0. The number of carbonyl (C=O) groups excluding carboxylic acids is 3. The molecule has 0 aliphatic rings. The molecule has 8 heteroatoms. The maximum absolute atomic E-state index is 13.1. The third kappa shape index (κ3) is 11.4.